The number of carbonyl (C=O) groups excluding carboxylic acids is 1. The summed E-state index contributed by atoms with van der Waals surface area (Å²) < 4.78 is 19.2. The number of nitrogen functional groups attached to an aromatic ring is 1. The molecule has 0 aromatic heterocycles. The summed E-state index contributed by atoms with van der Waals surface area (Å²) in [6.45, 7) is 1.59. The molecule has 0 heterocycles. The van der Waals surface area contributed by atoms with Crippen molar-refractivity contribution in [2.75, 3.05) is 12.8 Å². The zero-order valence-electron chi connectivity index (χ0n) is 11.2. The Balaban J connectivity index is 2.16. The van der Waals surface area contributed by atoms with E-state index in [-0.39, 0.29) is 17.7 Å². The maximum atomic E-state index is 13.9. The van der Waals surface area contributed by atoms with Crippen molar-refractivity contribution >= 4 is 11.6 Å². The number of nitrogens with two attached hydrogens (primary N) is 1. The SMILES string of the molecule is COC1CCCC1NC(=O)c1cc(N)cc(C)c1F. The lowest BCUT2D eigenvalue weighted by molar-refractivity contribution is 0.0720. The van der Waals surface area contributed by atoms with E-state index >= 15 is 0 Å². The first kappa shape index (κ1) is 13.8. The van der Waals surface area contributed by atoms with E-state index in [1.54, 1.807) is 14.0 Å². The summed E-state index contributed by atoms with van der Waals surface area (Å²) >= 11 is 0. The number of halogens is 1. The molecule has 0 aliphatic heterocycles. The molecule has 3 N–H and O–H groups in total. The summed E-state index contributed by atoms with van der Waals surface area (Å²) in [6.07, 6.45) is 2.78. The van der Waals surface area contributed by atoms with Gasteiger partial charge in [-0.3, -0.25) is 4.79 Å². The summed E-state index contributed by atoms with van der Waals surface area (Å²) in [4.78, 5) is 12.1. The van der Waals surface area contributed by atoms with Crippen LogP contribution < -0.4 is 11.1 Å². The number of carbonyl (C=O) groups is 1. The van der Waals surface area contributed by atoms with Gasteiger partial charge in [0.25, 0.3) is 5.91 Å². The predicted molar refractivity (Wildman–Crippen MR) is 71.5 cm³/mol. The monoisotopic (exact) mass is 266 g/mol. The van der Waals surface area contributed by atoms with Gasteiger partial charge in [-0.05, 0) is 43.9 Å². The van der Waals surface area contributed by atoms with Crippen LogP contribution in [0.3, 0.4) is 0 Å². The average Bonchev–Trinajstić information content (AvgIpc) is 2.80. The predicted octanol–water partition coefficient (Wildman–Crippen LogP) is 2.01. The molecule has 1 aliphatic carbocycles. The van der Waals surface area contributed by atoms with Gasteiger partial charge in [-0.25, -0.2) is 4.39 Å². The highest BCUT2D eigenvalue weighted by atomic mass is 19.1. The van der Waals surface area contributed by atoms with Crippen LogP contribution in [0.4, 0.5) is 10.1 Å². The van der Waals surface area contributed by atoms with Crippen molar-refractivity contribution in [1.82, 2.24) is 5.32 Å². The van der Waals surface area contributed by atoms with Gasteiger partial charge in [0.15, 0.2) is 0 Å². The lowest BCUT2D eigenvalue weighted by atomic mass is 10.1. The Kier molecular flexibility index (Phi) is 4.04. The molecule has 1 aromatic rings. The van der Waals surface area contributed by atoms with Gasteiger partial charge >= 0.3 is 0 Å². The van der Waals surface area contributed by atoms with Crippen LogP contribution >= 0.6 is 0 Å². The first-order valence-corrected chi connectivity index (χ1v) is 6.42. The highest BCUT2D eigenvalue weighted by Crippen LogP contribution is 2.23. The number of anilines is 1. The zero-order valence-corrected chi connectivity index (χ0v) is 11.2. The van der Waals surface area contributed by atoms with Gasteiger partial charge in [0.1, 0.15) is 5.82 Å². The van der Waals surface area contributed by atoms with Crippen LogP contribution in [-0.2, 0) is 4.74 Å². The second kappa shape index (κ2) is 5.57. The topological polar surface area (TPSA) is 64.3 Å². The molecule has 1 saturated carbocycles. The van der Waals surface area contributed by atoms with E-state index < -0.39 is 11.7 Å². The molecule has 2 atom stereocenters. The third kappa shape index (κ3) is 2.87. The number of ether oxygens (including phenoxy) is 1. The third-order valence-corrected chi connectivity index (χ3v) is 3.59. The molecule has 1 aromatic carbocycles. The lowest BCUT2D eigenvalue weighted by Gasteiger charge is -2.20. The van der Waals surface area contributed by atoms with Gasteiger partial charge in [0.2, 0.25) is 0 Å². The molecule has 1 fully saturated rings. The zero-order chi connectivity index (χ0) is 14.0. The summed E-state index contributed by atoms with van der Waals surface area (Å²) in [5.74, 6) is -0.944. The van der Waals surface area contributed by atoms with Crippen molar-refractivity contribution < 1.29 is 13.9 Å². The molecule has 0 radical (unpaired) electrons. The Morgan fingerprint density at radius 2 is 2.21 bits per heavy atom. The van der Waals surface area contributed by atoms with Crippen LogP contribution in [0.2, 0.25) is 0 Å². The molecule has 5 heteroatoms. The summed E-state index contributed by atoms with van der Waals surface area (Å²) in [5, 5.41) is 2.83. The quantitative estimate of drug-likeness (QED) is 0.823. The van der Waals surface area contributed by atoms with Gasteiger partial charge in [0.05, 0.1) is 17.7 Å². The maximum Gasteiger partial charge on any atom is 0.254 e. The van der Waals surface area contributed by atoms with Crippen LogP contribution in [0.15, 0.2) is 12.1 Å². The smallest absolute Gasteiger partial charge is 0.254 e. The Hall–Kier alpha value is -1.62. The number of hydrogen-bond donors (Lipinski definition) is 2. The molecule has 104 valence electrons. The number of amides is 1. The molecule has 0 bridgehead atoms. The number of nitrogens with one attached hydrogen (secondary N) is 1. The number of rotatable bonds is 3. The molecular formula is C14H19FN2O2. The van der Waals surface area contributed by atoms with Crippen molar-refractivity contribution in [2.45, 2.75) is 38.3 Å². The maximum absolute atomic E-state index is 13.9. The fourth-order valence-electron chi connectivity index (χ4n) is 2.58. The van der Waals surface area contributed by atoms with Crippen LogP contribution in [-0.4, -0.2) is 25.2 Å². The van der Waals surface area contributed by atoms with Crippen LogP contribution in [0.25, 0.3) is 0 Å². The Labute approximate surface area is 112 Å². The summed E-state index contributed by atoms with van der Waals surface area (Å²) in [5.41, 5.74) is 6.42. The van der Waals surface area contributed by atoms with Gasteiger partial charge < -0.3 is 15.8 Å². The fraction of sp³-hybridized carbons (Fsp3) is 0.500. The molecule has 2 rings (SSSR count). The van der Waals surface area contributed by atoms with Crippen molar-refractivity contribution in [3.63, 3.8) is 0 Å². The highest BCUT2D eigenvalue weighted by Gasteiger charge is 2.29. The van der Waals surface area contributed by atoms with E-state index in [2.05, 4.69) is 5.32 Å². The van der Waals surface area contributed by atoms with Crippen molar-refractivity contribution in [3.05, 3.63) is 29.1 Å². The molecule has 0 spiro atoms. The molecule has 1 aliphatic rings. The first-order valence-electron chi connectivity index (χ1n) is 6.42. The van der Waals surface area contributed by atoms with Gasteiger partial charge in [-0.15, -0.1) is 0 Å². The minimum atomic E-state index is -0.515. The highest BCUT2D eigenvalue weighted by molar-refractivity contribution is 5.95. The number of benzene rings is 1. The molecule has 4 nitrogen and oxygen atoms in total. The number of aryl methyl sites for hydroxylation is 1. The normalized spacial score (nSPS) is 22.5. The Bertz CT molecular complexity index is 491. The number of methoxy groups -OCH3 is 1. The minimum Gasteiger partial charge on any atom is -0.399 e. The van der Waals surface area contributed by atoms with Crippen molar-refractivity contribution in [2.24, 2.45) is 0 Å². The molecular weight excluding hydrogens is 247 g/mol. The fourth-order valence-corrected chi connectivity index (χ4v) is 2.58. The number of hydrogen-bond acceptors (Lipinski definition) is 3. The van der Waals surface area contributed by atoms with E-state index in [0.29, 0.717) is 11.3 Å². The summed E-state index contributed by atoms with van der Waals surface area (Å²) in [6, 6.07) is 2.83. The van der Waals surface area contributed by atoms with E-state index in [0.717, 1.165) is 19.3 Å². The molecule has 2 unspecified atom stereocenters. The van der Waals surface area contributed by atoms with Crippen LogP contribution in [0.1, 0.15) is 35.2 Å². The standard InChI is InChI=1S/C14H19FN2O2/c1-8-6-9(16)7-10(13(8)15)14(18)17-11-4-3-5-12(11)19-2/h6-7,11-12H,3-5,16H2,1-2H3,(H,17,18). The minimum absolute atomic E-state index is 0.000692. The molecule has 19 heavy (non-hydrogen) atoms. The van der Waals surface area contributed by atoms with Crippen molar-refractivity contribution in [3.8, 4) is 0 Å². The molecule has 0 saturated heterocycles. The van der Waals surface area contributed by atoms with Gasteiger partial charge in [-0.2, -0.15) is 0 Å². The van der Waals surface area contributed by atoms with E-state index in [1.165, 1.54) is 12.1 Å². The lowest BCUT2D eigenvalue weighted by Crippen LogP contribution is -2.41. The Morgan fingerprint density at radius 3 is 2.89 bits per heavy atom. The average molecular weight is 266 g/mol. The van der Waals surface area contributed by atoms with Crippen LogP contribution in [0, 0.1) is 12.7 Å². The first-order chi connectivity index (χ1) is 9.02. The second-order valence-electron chi connectivity index (χ2n) is 4.98. The van der Waals surface area contributed by atoms with E-state index in [4.69, 9.17) is 10.5 Å². The van der Waals surface area contributed by atoms with Crippen molar-refractivity contribution in [1.29, 1.82) is 0 Å². The third-order valence-electron chi connectivity index (χ3n) is 3.59. The van der Waals surface area contributed by atoms with E-state index in [9.17, 15) is 9.18 Å². The largest absolute Gasteiger partial charge is 0.399 e. The second-order valence-corrected chi connectivity index (χ2v) is 4.98. The Morgan fingerprint density at radius 1 is 1.47 bits per heavy atom. The van der Waals surface area contributed by atoms with Gasteiger partial charge in [-0.1, -0.05) is 0 Å². The summed E-state index contributed by atoms with van der Waals surface area (Å²) in [7, 11) is 1.63. The van der Waals surface area contributed by atoms with Crippen LogP contribution in [0.5, 0.6) is 0 Å². The molecule has 1 amide bonds. The van der Waals surface area contributed by atoms with Gasteiger partial charge in [0, 0.05) is 12.8 Å². The van der Waals surface area contributed by atoms with E-state index in [1.807, 2.05) is 0 Å².